The van der Waals surface area contributed by atoms with Gasteiger partial charge in [-0.15, -0.1) is 0 Å². The molecule has 102 valence electrons. The quantitative estimate of drug-likeness (QED) is 0.382. The highest BCUT2D eigenvalue weighted by Gasteiger charge is 2.00. The average molecular weight is 249 g/mol. The first-order valence-corrected chi connectivity index (χ1v) is 5.82. The van der Waals surface area contributed by atoms with Crippen LogP contribution in [-0.2, 0) is 23.7 Å². The Morgan fingerprint density at radius 2 is 1.59 bits per heavy atom. The normalized spacial score (nSPS) is 10.5. The number of carbonyl (C=O) groups is 1. The van der Waals surface area contributed by atoms with Crippen LogP contribution in [0.4, 0.5) is 0 Å². The number of rotatable bonds is 12. The second-order valence-corrected chi connectivity index (χ2v) is 3.22. The Kier molecular flexibility index (Phi) is 12.8. The molecule has 0 radical (unpaired) electrons. The smallest absolute Gasteiger partial charge is 0.319 e. The molecule has 0 atom stereocenters. The highest BCUT2D eigenvalue weighted by molar-refractivity contribution is 5.71. The molecule has 0 aromatic carbocycles. The van der Waals surface area contributed by atoms with Gasteiger partial charge in [-0.05, 0) is 6.54 Å². The van der Waals surface area contributed by atoms with E-state index in [9.17, 15) is 4.79 Å². The van der Waals surface area contributed by atoms with Crippen molar-refractivity contribution in [3.8, 4) is 0 Å². The molecule has 0 aromatic heterocycles. The fourth-order valence-corrected chi connectivity index (χ4v) is 0.957. The largest absolute Gasteiger partial charge is 0.462 e. The van der Waals surface area contributed by atoms with Gasteiger partial charge in [0, 0.05) is 7.11 Å². The lowest BCUT2D eigenvalue weighted by molar-refractivity contribution is -0.144. The van der Waals surface area contributed by atoms with E-state index in [1.165, 1.54) is 0 Å². The van der Waals surface area contributed by atoms with Gasteiger partial charge in [0.2, 0.25) is 0 Å². The van der Waals surface area contributed by atoms with E-state index in [0.717, 1.165) is 6.54 Å². The molecule has 0 unspecified atom stereocenters. The van der Waals surface area contributed by atoms with Crippen LogP contribution in [0.3, 0.4) is 0 Å². The molecule has 0 saturated heterocycles. The molecule has 0 aliphatic heterocycles. The zero-order valence-corrected chi connectivity index (χ0v) is 10.7. The van der Waals surface area contributed by atoms with Gasteiger partial charge < -0.3 is 24.3 Å². The van der Waals surface area contributed by atoms with E-state index >= 15 is 0 Å². The molecule has 0 heterocycles. The molecular weight excluding hydrogens is 226 g/mol. The molecule has 17 heavy (non-hydrogen) atoms. The van der Waals surface area contributed by atoms with Gasteiger partial charge in [-0.1, -0.05) is 6.92 Å². The summed E-state index contributed by atoms with van der Waals surface area (Å²) >= 11 is 0. The minimum absolute atomic E-state index is 0.247. The van der Waals surface area contributed by atoms with Crippen LogP contribution in [-0.4, -0.2) is 65.8 Å². The third kappa shape index (κ3) is 13.2. The van der Waals surface area contributed by atoms with Gasteiger partial charge in [0.25, 0.3) is 0 Å². The fraction of sp³-hybridized carbons (Fsp3) is 0.909. The van der Waals surface area contributed by atoms with Crippen LogP contribution < -0.4 is 5.32 Å². The lowest BCUT2D eigenvalue weighted by Crippen LogP contribution is -2.25. The van der Waals surface area contributed by atoms with E-state index < -0.39 is 0 Å². The molecule has 6 nitrogen and oxygen atoms in total. The zero-order valence-electron chi connectivity index (χ0n) is 10.7. The van der Waals surface area contributed by atoms with Crippen molar-refractivity contribution in [1.29, 1.82) is 0 Å². The Labute approximate surface area is 103 Å². The molecule has 0 fully saturated rings. The zero-order chi connectivity index (χ0) is 12.8. The maximum atomic E-state index is 11.0. The lowest BCUT2D eigenvalue weighted by atomic mass is 10.6. The maximum Gasteiger partial charge on any atom is 0.319 e. The predicted molar refractivity (Wildman–Crippen MR) is 63.0 cm³/mol. The predicted octanol–water partition coefficient (Wildman–Crippen LogP) is -0.181. The number of hydrogen-bond donors (Lipinski definition) is 1. The van der Waals surface area contributed by atoms with Gasteiger partial charge in [-0.3, -0.25) is 4.79 Å². The molecule has 0 aromatic rings. The molecule has 0 aliphatic rings. The topological polar surface area (TPSA) is 66.0 Å². The summed E-state index contributed by atoms with van der Waals surface area (Å²) in [5.41, 5.74) is 0. The van der Waals surface area contributed by atoms with Crippen molar-refractivity contribution in [1.82, 2.24) is 5.32 Å². The lowest BCUT2D eigenvalue weighted by Gasteiger charge is -2.06. The Bertz CT molecular complexity index is 177. The highest BCUT2D eigenvalue weighted by atomic mass is 16.6. The van der Waals surface area contributed by atoms with Crippen LogP contribution in [0.5, 0.6) is 0 Å². The van der Waals surface area contributed by atoms with Gasteiger partial charge in [0.15, 0.2) is 0 Å². The summed E-state index contributed by atoms with van der Waals surface area (Å²) in [6.45, 7) is 5.78. The van der Waals surface area contributed by atoms with Gasteiger partial charge in [0.1, 0.15) is 6.61 Å². The van der Waals surface area contributed by atoms with Crippen molar-refractivity contribution < 1.29 is 23.7 Å². The monoisotopic (exact) mass is 249 g/mol. The van der Waals surface area contributed by atoms with Gasteiger partial charge in [0.05, 0.1) is 39.6 Å². The molecule has 0 bridgehead atoms. The van der Waals surface area contributed by atoms with E-state index in [1.807, 2.05) is 6.92 Å². The van der Waals surface area contributed by atoms with Crippen LogP contribution in [0.1, 0.15) is 6.92 Å². The molecule has 0 rings (SSSR count). The Morgan fingerprint density at radius 1 is 1.00 bits per heavy atom. The fourth-order valence-electron chi connectivity index (χ4n) is 0.957. The summed E-state index contributed by atoms with van der Waals surface area (Å²) in [5.74, 6) is -0.258. The van der Waals surface area contributed by atoms with Crippen molar-refractivity contribution in [2.45, 2.75) is 6.92 Å². The van der Waals surface area contributed by atoms with Crippen LogP contribution in [0.2, 0.25) is 0 Å². The SMILES string of the molecule is CCNCC(=O)OCCOCCOCCOC. The molecule has 6 heteroatoms. The number of likely N-dealkylation sites (N-methyl/N-ethyl adjacent to an activating group) is 1. The number of carbonyl (C=O) groups excluding carboxylic acids is 1. The van der Waals surface area contributed by atoms with Gasteiger partial charge in [-0.25, -0.2) is 0 Å². The van der Waals surface area contributed by atoms with Crippen molar-refractivity contribution >= 4 is 5.97 Å². The molecule has 0 amide bonds. The summed E-state index contributed by atoms with van der Waals surface area (Å²) in [7, 11) is 1.63. The number of ether oxygens (including phenoxy) is 4. The number of hydrogen-bond acceptors (Lipinski definition) is 6. The summed E-state index contributed by atoms with van der Waals surface area (Å²) < 4.78 is 20.1. The second kappa shape index (κ2) is 13.4. The first-order valence-electron chi connectivity index (χ1n) is 5.82. The van der Waals surface area contributed by atoms with E-state index in [4.69, 9.17) is 18.9 Å². The third-order valence-electron chi connectivity index (χ3n) is 1.81. The van der Waals surface area contributed by atoms with E-state index in [2.05, 4.69) is 5.32 Å². The molecular formula is C11H23NO5. The summed E-state index contributed by atoms with van der Waals surface area (Å²) in [6, 6.07) is 0. The minimum atomic E-state index is -0.258. The summed E-state index contributed by atoms with van der Waals surface area (Å²) in [4.78, 5) is 11.0. The Morgan fingerprint density at radius 3 is 2.18 bits per heavy atom. The molecule has 1 N–H and O–H groups in total. The average Bonchev–Trinajstić information content (AvgIpc) is 2.34. The van der Waals surface area contributed by atoms with Crippen molar-refractivity contribution in [3.05, 3.63) is 0 Å². The summed E-state index contributed by atoms with van der Waals surface area (Å²) in [5, 5.41) is 2.88. The third-order valence-corrected chi connectivity index (χ3v) is 1.81. The van der Waals surface area contributed by atoms with Gasteiger partial charge in [-0.2, -0.15) is 0 Å². The van der Waals surface area contributed by atoms with Crippen molar-refractivity contribution in [2.75, 3.05) is 59.8 Å². The van der Waals surface area contributed by atoms with E-state index in [1.54, 1.807) is 7.11 Å². The first-order chi connectivity index (χ1) is 8.31. The highest BCUT2D eigenvalue weighted by Crippen LogP contribution is 1.82. The summed E-state index contributed by atoms with van der Waals surface area (Å²) in [6.07, 6.45) is 0. The number of nitrogens with one attached hydrogen (secondary N) is 1. The minimum Gasteiger partial charge on any atom is -0.462 e. The molecule has 0 aliphatic carbocycles. The van der Waals surface area contributed by atoms with Crippen molar-refractivity contribution in [3.63, 3.8) is 0 Å². The van der Waals surface area contributed by atoms with Gasteiger partial charge >= 0.3 is 5.97 Å². The maximum absolute atomic E-state index is 11.0. The van der Waals surface area contributed by atoms with Crippen LogP contribution >= 0.6 is 0 Å². The second-order valence-electron chi connectivity index (χ2n) is 3.22. The number of methoxy groups -OCH3 is 1. The molecule has 0 spiro atoms. The van der Waals surface area contributed by atoms with E-state index in [-0.39, 0.29) is 19.1 Å². The standard InChI is InChI=1S/C11H23NO5/c1-3-12-10-11(13)17-9-8-16-7-6-15-5-4-14-2/h12H,3-10H2,1-2H3. The Hall–Kier alpha value is -0.690. The van der Waals surface area contributed by atoms with Crippen LogP contribution in [0.15, 0.2) is 0 Å². The Balaban J connectivity index is 3.05. The van der Waals surface area contributed by atoms with Crippen LogP contribution in [0, 0.1) is 0 Å². The van der Waals surface area contributed by atoms with E-state index in [0.29, 0.717) is 33.0 Å². The molecule has 0 saturated carbocycles. The first kappa shape index (κ1) is 16.3. The number of esters is 1. The van der Waals surface area contributed by atoms with Crippen molar-refractivity contribution in [2.24, 2.45) is 0 Å². The van der Waals surface area contributed by atoms with Crippen LogP contribution in [0.25, 0.3) is 0 Å².